The van der Waals surface area contributed by atoms with Crippen molar-refractivity contribution in [3.63, 3.8) is 0 Å². The number of fused-ring (bicyclic) bond motifs is 1. The molecule has 33 heavy (non-hydrogen) atoms. The molecule has 0 unspecified atom stereocenters. The zero-order chi connectivity index (χ0) is 23.8. The van der Waals surface area contributed by atoms with Crippen LogP contribution in [0.5, 0.6) is 17.2 Å². The average molecular weight is 481 g/mol. The highest BCUT2D eigenvalue weighted by Gasteiger charge is 2.32. The Kier molecular flexibility index (Phi) is 5.81. The number of carboxylic acids is 1. The molecular formula is C21H11ClF4N3O4-. The number of hydrogen-bond acceptors (Lipinski definition) is 6. The third-order valence-electron chi connectivity index (χ3n) is 4.40. The third kappa shape index (κ3) is 4.67. The smallest absolute Gasteiger partial charge is 0.416 e. The molecule has 0 amide bonds. The predicted molar refractivity (Wildman–Crippen MR) is 106 cm³/mol. The second kappa shape index (κ2) is 8.58. The molecule has 0 aliphatic heterocycles. The molecule has 0 atom stereocenters. The summed E-state index contributed by atoms with van der Waals surface area (Å²) in [5.41, 5.74) is -0.142. The van der Waals surface area contributed by atoms with E-state index in [1.165, 1.54) is 28.9 Å². The van der Waals surface area contributed by atoms with Crippen LogP contribution in [0.3, 0.4) is 0 Å². The molecule has 0 aliphatic carbocycles. The molecular weight excluding hydrogens is 470 g/mol. The van der Waals surface area contributed by atoms with Crippen LogP contribution >= 0.6 is 11.6 Å². The summed E-state index contributed by atoms with van der Waals surface area (Å²) >= 11 is 5.83. The second-order valence-electron chi connectivity index (χ2n) is 6.65. The van der Waals surface area contributed by atoms with Gasteiger partial charge in [0.25, 0.3) is 0 Å². The fourth-order valence-electron chi connectivity index (χ4n) is 2.97. The number of halogens is 5. The van der Waals surface area contributed by atoms with Crippen LogP contribution in [0.25, 0.3) is 16.7 Å². The van der Waals surface area contributed by atoms with Crippen molar-refractivity contribution in [3.05, 3.63) is 71.0 Å². The monoisotopic (exact) mass is 480 g/mol. The minimum absolute atomic E-state index is 0.0414. The van der Waals surface area contributed by atoms with Crippen LogP contribution in [0.1, 0.15) is 5.56 Å². The number of carbonyl (C=O) groups is 1. The number of para-hydroxylation sites is 2. The van der Waals surface area contributed by atoms with Gasteiger partial charge in [-0.3, -0.25) is 0 Å². The summed E-state index contributed by atoms with van der Waals surface area (Å²) in [5, 5.41) is 18.2. The Morgan fingerprint density at radius 3 is 2.58 bits per heavy atom. The zero-order valence-corrected chi connectivity index (χ0v) is 17.0. The summed E-state index contributed by atoms with van der Waals surface area (Å²) in [6.45, 7) is -0.691. The number of nitrogens with zero attached hydrogens (tertiary/aromatic N) is 3. The number of carbonyl (C=O) groups excluding carboxylic acids is 1. The van der Waals surface area contributed by atoms with E-state index in [1.54, 1.807) is 18.2 Å². The molecule has 1 aromatic heterocycles. The van der Waals surface area contributed by atoms with E-state index in [0.29, 0.717) is 22.8 Å². The van der Waals surface area contributed by atoms with Crippen LogP contribution in [-0.4, -0.2) is 27.6 Å². The lowest BCUT2D eigenvalue weighted by Crippen LogP contribution is -2.29. The summed E-state index contributed by atoms with van der Waals surface area (Å²) in [6.07, 6.45) is -4.77. The number of aliphatic carboxylic acids is 1. The van der Waals surface area contributed by atoms with Gasteiger partial charge >= 0.3 is 6.18 Å². The predicted octanol–water partition coefficient (Wildman–Crippen LogP) is 4.15. The lowest BCUT2D eigenvalue weighted by Gasteiger charge is -2.13. The lowest BCUT2D eigenvalue weighted by molar-refractivity contribution is -0.307. The van der Waals surface area contributed by atoms with Crippen molar-refractivity contribution in [1.29, 1.82) is 0 Å². The molecule has 4 rings (SSSR count). The highest BCUT2D eigenvalue weighted by molar-refractivity contribution is 6.32. The number of rotatable bonds is 6. The lowest BCUT2D eigenvalue weighted by atomic mass is 10.2. The topological polar surface area (TPSA) is 89.3 Å². The van der Waals surface area contributed by atoms with E-state index in [-0.39, 0.29) is 17.6 Å². The molecule has 170 valence electrons. The second-order valence-corrected chi connectivity index (χ2v) is 7.06. The van der Waals surface area contributed by atoms with Crippen molar-refractivity contribution < 1.29 is 36.9 Å². The number of benzene rings is 3. The Bertz CT molecular complexity index is 1330. The molecule has 12 heteroatoms. The molecule has 7 nitrogen and oxygen atoms in total. The summed E-state index contributed by atoms with van der Waals surface area (Å²) in [4.78, 5) is 10.7. The third-order valence-corrected chi connectivity index (χ3v) is 4.68. The van der Waals surface area contributed by atoms with E-state index in [4.69, 9.17) is 21.1 Å². The molecule has 4 aromatic rings. The van der Waals surface area contributed by atoms with Crippen molar-refractivity contribution in [1.82, 2.24) is 15.0 Å². The SMILES string of the molecule is O=C([O-])COc1ccccc1-n1nnc2ccc(Oc3c(F)cc(C(F)(F)F)cc3Cl)cc21. The fraction of sp³-hybridized carbons (Fsp3) is 0.0952. The van der Waals surface area contributed by atoms with Gasteiger partial charge < -0.3 is 19.4 Å². The van der Waals surface area contributed by atoms with Crippen molar-refractivity contribution in [2.45, 2.75) is 6.18 Å². The standard InChI is InChI=1S/C21H12ClF4N3O4/c22-13-7-11(21(24,25)26)8-14(23)20(13)33-12-5-6-15-17(9-12)29(28-27-15)16-3-1-2-4-18(16)32-10-19(30)31/h1-9H,10H2,(H,30,31)/p-1. The van der Waals surface area contributed by atoms with E-state index in [9.17, 15) is 27.5 Å². The van der Waals surface area contributed by atoms with E-state index in [0.717, 1.165) is 0 Å². The zero-order valence-electron chi connectivity index (χ0n) is 16.3. The number of hydrogen-bond donors (Lipinski definition) is 0. The van der Waals surface area contributed by atoms with Crippen molar-refractivity contribution >= 4 is 28.6 Å². The van der Waals surface area contributed by atoms with Gasteiger partial charge in [0.2, 0.25) is 0 Å². The molecule has 3 aromatic carbocycles. The van der Waals surface area contributed by atoms with Gasteiger partial charge in [0.15, 0.2) is 11.6 Å². The van der Waals surface area contributed by atoms with Gasteiger partial charge in [-0.1, -0.05) is 28.9 Å². The van der Waals surface area contributed by atoms with Crippen LogP contribution in [0.2, 0.25) is 5.02 Å². The Labute approximate surface area is 187 Å². The van der Waals surface area contributed by atoms with Crippen molar-refractivity contribution in [2.75, 3.05) is 6.61 Å². The van der Waals surface area contributed by atoms with Crippen LogP contribution in [0, 0.1) is 5.82 Å². The first-order valence-electron chi connectivity index (χ1n) is 9.15. The van der Waals surface area contributed by atoms with Gasteiger partial charge in [-0.25, -0.2) is 9.07 Å². The van der Waals surface area contributed by atoms with Gasteiger partial charge in [-0.05, 0) is 36.4 Å². The highest BCUT2D eigenvalue weighted by atomic mass is 35.5. The first-order chi connectivity index (χ1) is 15.6. The Balaban J connectivity index is 1.72. The fourth-order valence-corrected chi connectivity index (χ4v) is 3.22. The number of carboxylic acid groups (broad SMARTS) is 1. The summed E-state index contributed by atoms with van der Waals surface area (Å²) in [5.74, 6) is -3.07. The maximum absolute atomic E-state index is 14.3. The van der Waals surface area contributed by atoms with E-state index >= 15 is 0 Å². The molecule has 0 saturated carbocycles. The van der Waals surface area contributed by atoms with Gasteiger partial charge in [0.05, 0.1) is 22.1 Å². The molecule has 1 heterocycles. The van der Waals surface area contributed by atoms with Crippen molar-refractivity contribution in [2.24, 2.45) is 0 Å². The summed E-state index contributed by atoms with van der Waals surface area (Å²) in [6, 6.07) is 11.6. The maximum Gasteiger partial charge on any atom is 0.416 e. The molecule has 0 fully saturated rings. The first-order valence-corrected chi connectivity index (χ1v) is 9.53. The van der Waals surface area contributed by atoms with Gasteiger partial charge in [-0.15, -0.1) is 5.10 Å². The average Bonchev–Trinajstić information content (AvgIpc) is 3.17. The summed E-state index contributed by atoms with van der Waals surface area (Å²) < 4.78 is 64.9. The van der Waals surface area contributed by atoms with E-state index in [1.807, 2.05) is 0 Å². The molecule has 0 radical (unpaired) electrons. The highest BCUT2D eigenvalue weighted by Crippen LogP contribution is 2.39. The van der Waals surface area contributed by atoms with Crippen molar-refractivity contribution in [3.8, 4) is 22.9 Å². The van der Waals surface area contributed by atoms with E-state index in [2.05, 4.69) is 10.3 Å². The van der Waals surface area contributed by atoms with Gasteiger partial charge in [0, 0.05) is 6.07 Å². The van der Waals surface area contributed by atoms with Crippen LogP contribution < -0.4 is 14.6 Å². The molecule has 0 bridgehead atoms. The van der Waals surface area contributed by atoms with Crippen LogP contribution in [-0.2, 0) is 11.0 Å². The molecule has 0 spiro atoms. The quantitative estimate of drug-likeness (QED) is 0.385. The molecule has 0 saturated heterocycles. The minimum atomic E-state index is -4.77. The maximum atomic E-state index is 14.3. The number of alkyl halides is 3. The minimum Gasteiger partial charge on any atom is -0.546 e. The summed E-state index contributed by atoms with van der Waals surface area (Å²) in [7, 11) is 0. The number of ether oxygens (including phenoxy) is 2. The van der Waals surface area contributed by atoms with Crippen LogP contribution in [0.4, 0.5) is 17.6 Å². The largest absolute Gasteiger partial charge is 0.546 e. The Hall–Kier alpha value is -3.86. The normalized spacial score (nSPS) is 11.5. The molecule has 0 N–H and O–H groups in total. The molecule has 0 aliphatic rings. The van der Waals surface area contributed by atoms with Gasteiger partial charge in [0.1, 0.15) is 29.3 Å². The Morgan fingerprint density at radius 1 is 1.12 bits per heavy atom. The van der Waals surface area contributed by atoms with E-state index < -0.39 is 40.9 Å². The van der Waals surface area contributed by atoms with Crippen LogP contribution in [0.15, 0.2) is 54.6 Å². The Morgan fingerprint density at radius 2 is 1.88 bits per heavy atom. The number of aromatic nitrogens is 3. The first kappa shape index (κ1) is 22.3. The van der Waals surface area contributed by atoms with Gasteiger partial charge in [-0.2, -0.15) is 13.2 Å².